The molecule has 1 rings (SSSR count). The van der Waals surface area contributed by atoms with Crippen LogP contribution in [0.1, 0.15) is 61.3 Å². The summed E-state index contributed by atoms with van der Waals surface area (Å²) < 4.78 is 12.5. The molecule has 0 saturated carbocycles. The molecule has 1 fully saturated rings. The summed E-state index contributed by atoms with van der Waals surface area (Å²) in [6, 6.07) is 0. The number of aldehydes is 1. The van der Waals surface area contributed by atoms with Crippen molar-refractivity contribution in [1.29, 1.82) is 0 Å². The zero-order chi connectivity index (χ0) is 17.8. The van der Waals surface area contributed by atoms with Gasteiger partial charge in [0.25, 0.3) is 0 Å². The summed E-state index contributed by atoms with van der Waals surface area (Å²) in [5, 5.41) is 0. The summed E-state index contributed by atoms with van der Waals surface area (Å²) in [4.78, 5) is 11.0. The molecular weight excluding hydrogens is 304 g/mol. The molecule has 0 amide bonds. The van der Waals surface area contributed by atoms with E-state index in [1.54, 1.807) is 0 Å². The maximum atomic E-state index is 11.0. The normalized spacial score (nSPS) is 25.6. The first-order chi connectivity index (χ1) is 10.7. The van der Waals surface area contributed by atoms with Crippen LogP contribution in [0.4, 0.5) is 0 Å². The average Bonchev–Trinajstić information content (AvgIpc) is 2.85. The van der Waals surface area contributed by atoms with E-state index in [4.69, 9.17) is 9.16 Å². The van der Waals surface area contributed by atoms with Crippen LogP contribution in [-0.2, 0) is 14.0 Å². The van der Waals surface area contributed by atoms with E-state index in [1.165, 1.54) is 0 Å². The second-order valence-corrected chi connectivity index (χ2v) is 13.5. The highest BCUT2D eigenvalue weighted by atomic mass is 28.4. The maximum Gasteiger partial charge on any atom is 0.200 e. The highest BCUT2D eigenvalue weighted by Gasteiger charge is 2.45. The molecule has 0 aromatic rings. The molecule has 4 heteroatoms. The molecule has 1 heterocycles. The third kappa shape index (κ3) is 4.55. The van der Waals surface area contributed by atoms with Crippen molar-refractivity contribution in [2.24, 2.45) is 5.92 Å². The Morgan fingerprint density at radius 3 is 2.13 bits per heavy atom. The standard InChI is InChI=1S/C19H36O3Si/c1-13(2)18-11-17(12-20)22-19(18)9-10-21-23(14(3)4,15(5)6)16(7)8/h12,14-19H,1,9-11H2,2-8H3/t17-,18-,19-/m1/s1. The maximum absolute atomic E-state index is 11.0. The van der Waals surface area contributed by atoms with Crippen LogP contribution >= 0.6 is 0 Å². The minimum absolute atomic E-state index is 0.0703. The van der Waals surface area contributed by atoms with Crippen molar-refractivity contribution in [3.8, 4) is 0 Å². The molecular formula is C19H36O3Si. The van der Waals surface area contributed by atoms with Crippen molar-refractivity contribution in [1.82, 2.24) is 0 Å². The number of hydrogen-bond acceptors (Lipinski definition) is 3. The van der Waals surface area contributed by atoms with Crippen LogP contribution in [0.2, 0.25) is 16.6 Å². The fourth-order valence-electron chi connectivity index (χ4n) is 4.50. The van der Waals surface area contributed by atoms with Crippen molar-refractivity contribution >= 4 is 14.6 Å². The highest BCUT2D eigenvalue weighted by molar-refractivity contribution is 6.77. The second kappa shape index (κ2) is 8.59. The van der Waals surface area contributed by atoms with Crippen molar-refractivity contribution in [2.75, 3.05) is 6.61 Å². The number of carbonyl (C=O) groups excluding carboxylic acids is 1. The van der Waals surface area contributed by atoms with Crippen LogP contribution in [0.3, 0.4) is 0 Å². The average molecular weight is 341 g/mol. The summed E-state index contributed by atoms with van der Waals surface area (Å²) in [5.74, 6) is 0.280. The largest absolute Gasteiger partial charge is 0.416 e. The van der Waals surface area contributed by atoms with Crippen molar-refractivity contribution in [2.45, 2.75) is 90.1 Å². The van der Waals surface area contributed by atoms with E-state index in [9.17, 15) is 4.79 Å². The van der Waals surface area contributed by atoms with E-state index in [0.29, 0.717) is 16.6 Å². The molecule has 1 aliphatic heterocycles. The summed E-state index contributed by atoms with van der Waals surface area (Å²) in [6.07, 6.45) is 2.34. The molecule has 1 aliphatic rings. The SMILES string of the molecule is C=C(C)[C@H]1C[C@H](C=O)O[C@@H]1CCO[Si](C(C)C)(C(C)C)C(C)C. The molecule has 0 aliphatic carbocycles. The third-order valence-corrected chi connectivity index (χ3v) is 11.6. The molecule has 0 bridgehead atoms. The molecule has 0 spiro atoms. The van der Waals surface area contributed by atoms with E-state index >= 15 is 0 Å². The Balaban J connectivity index is 2.72. The molecule has 134 valence electrons. The predicted molar refractivity (Wildman–Crippen MR) is 99.3 cm³/mol. The first-order valence-corrected chi connectivity index (χ1v) is 11.2. The Morgan fingerprint density at radius 2 is 1.74 bits per heavy atom. The van der Waals surface area contributed by atoms with Gasteiger partial charge in [0.2, 0.25) is 0 Å². The quantitative estimate of drug-likeness (QED) is 0.332. The van der Waals surface area contributed by atoms with E-state index in [1.807, 2.05) is 6.92 Å². The zero-order valence-electron chi connectivity index (χ0n) is 16.1. The van der Waals surface area contributed by atoms with E-state index < -0.39 is 8.32 Å². The van der Waals surface area contributed by atoms with Gasteiger partial charge in [0.15, 0.2) is 8.32 Å². The van der Waals surface area contributed by atoms with Crippen LogP contribution in [-0.4, -0.2) is 33.4 Å². The Bertz CT molecular complexity index is 382. The lowest BCUT2D eigenvalue weighted by Crippen LogP contribution is -2.48. The summed E-state index contributed by atoms with van der Waals surface area (Å²) in [6.45, 7) is 20.6. The van der Waals surface area contributed by atoms with Gasteiger partial charge in [-0.1, -0.05) is 53.7 Å². The summed E-state index contributed by atoms with van der Waals surface area (Å²) in [7, 11) is -1.82. The van der Waals surface area contributed by atoms with Crippen LogP contribution in [0, 0.1) is 5.92 Å². The van der Waals surface area contributed by atoms with E-state index in [0.717, 1.165) is 31.3 Å². The summed E-state index contributed by atoms with van der Waals surface area (Å²) >= 11 is 0. The monoisotopic (exact) mass is 340 g/mol. The molecule has 3 nitrogen and oxygen atoms in total. The highest BCUT2D eigenvalue weighted by Crippen LogP contribution is 2.42. The molecule has 0 aromatic carbocycles. The van der Waals surface area contributed by atoms with E-state index in [-0.39, 0.29) is 18.1 Å². The first kappa shape index (κ1) is 20.6. The third-order valence-electron chi connectivity index (χ3n) is 5.53. The van der Waals surface area contributed by atoms with Crippen molar-refractivity contribution < 1.29 is 14.0 Å². The lowest BCUT2D eigenvalue weighted by molar-refractivity contribution is -0.117. The molecule has 0 unspecified atom stereocenters. The molecule has 3 atom stereocenters. The van der Waals surface area contributed by atoms with Gasteiger partial charge in [-0.3, -0.25) is 0 Å². The van der Waals surface area contributed by atoms with Gasteiger partial charge in [-0.25, -0.2) is 0 Å². The smallest absolute Gasteiger partial charge is 0.200 e. The van der Waals surface area contributed by atoms with Crippen molar-refractivity contribution in [3.63, 3.8) is 0 Å². The van der Waals surface area contributed by atoms with Gasteiger partial charge in [0.1, 0.15) is 12.4 Å². The lowest BCUT2D eigenvalue weighted by Gasteiger charge is -2.42. The van der Waals surface area contributed by atoms with Crippen LogP contribution in [0.15, 0.2) is 12.2 Å². The second-order valence-electron chi connectivity index (χ2n) is 7.99. The molecule has 0 radical (unpaired) electrons. The van der Waals surface area contributed by atoms with Crippen LogP contribution in [0.25, 0.3) is 0 Å². The van der Waals surface area contributed by atoms with Crippen molar-refractivity contribution in [3.05, 3.63) is 12.2 Å². The Morgan fingerprint density at radius 1 is 1.22 bits per heavy atom. The van der Waals surface area contributed by atoms with Gasteiger partial charge >= 0.3 is 0 Å². The van der Waals surface area contributed by atoms with Gasteiger partial charge in [0.05, 0.1) is 6.10 Å². The first-order valence-electron chi connectivity index (χ1n) is 9.06. The molecule has 0 aromatic heterocycles. The van der Waals surface area contributed by atoms with Gasteiger partial charge in [0, 0.05) is 12.5 Å². The number of ether oxygens (including phenoxy) is 1. The minimum Gasteiger partial charge on any atom is -0.416 e. The van der Waals surface area contributed by atoms with Crippen LogP contribution < -0.4 is 0 Å². The predicted octanol–water partition coefficient (Wildman–Crippen LogP) is 5.12. The number of rotatable bonds is 9. The van der Waals surface area contributed by atoms with Gasteiger partial charge in [-0.2, -0.15) is 0 Å². The molecule has 1 saturated heterocycles. The Kier molecular flexibility index (Phi) is 7.69. The van der Waals surface area contributed by atoms with E-state index in [2.05, 4.69) is 48.1 Å². The minimum atomic E-state index is -1.82. The fraction of sp³-hybridized carbons (Fsp3) is 0.842. The fourth-order valence-corrected chi connectivity index (χ4v) is 9.98. The molecule has 23 heavy (non-hydrogen) atoms. The van der Waals surface area contributed by atoms with Crippen LogP contribution in [0.5, 0.6) is 0 Å². The Hall–Kier alpha value is -0.453. The number of carbonyl (C=O) groups is 1. The molecule has 0 N–H and O–H groups in total. The zero-order valence-corrected chi connectivity index (χ0v) is 17.1. The number of hydrogen-bond donors (Lipinski definition) is 0. The van der Waals surface area contributed by atoms with Gasteiger partial charge in [-0.05, 0) is 36.4 Å². The topological polar surface area (TPSA) is 35.5 Å². The van der Waals surface area contributed by atoms with Gasteiger partial charge < -0.3 is 14.0 Å². The summed E-state index contributed by atoms with van der Waals surface area (Å²) in [5.41, 5.74) is 2.88. The van der Waals surface area contributed by atoms with Gasteiger partial charge in [-0.15, -0.1) is 0 Å². The lowest BCUT2D eigenvalue weighted by atomic mass is 9.91. The Labute approximate surface area is 144 Å².